The van der Waals surface area contributed by atoms with Crippen molar-refractivity contribution in [1.82, 2.24) is 34.3 Å². The van der Waals surface area contributed by atoms with Gasteiger partial charge in [0, 0.05) is 51.7 Å². The number of terminal acetylenes is 1. The van der Waals surface area contributed by atoms with Gasteiger partial charge in [0.25, 0.3) is 0 Å². The van der Waals surface area contributed by atoms with Crippen LogP contribution < -0.4 is 5.73 Å². The normalized spacial score (nSPS) is 12.2. The first kappa shape index (κ1) is 106. The van der Waals surface area contributed by atoms with Crippen LogP contribution in [0.2, 0.25) is 0 Å². The van der Waals surface area contributed by atoms with Crippen molar-refractivity contribution >= 4 is 0 Å². The summed E-state index contributed by atoms with van der Waals surface area (Å²) in [6.45, 7) is 78.1. The molecule has 0 spiro atoms. The van der Waals surface area contributed by atoms with Crippen molar-refractivity contribution in [1.29, 1.82) is 0 Å². The molecule has 0 saturated heterocycles. The molecule has 8 heteroatoms. The lowest BCUT2D eigenvalue weighted by atomic mass is 10.0. The summed E-state index contributed by atoms with van der Waals surface area (Å²) in [4.78, 5) is 17.2. The van der Waals surface area contributed by atoms with Gasteiger partial charge in [0.05, 0.1) is 0 Å². The van der Waals surface area contributed by atoms with Crippen LogP contribution in [0.15, 0.2) is 25.3 Å². The average Bonchev–Trinajstić information content (AvgIpc) is 1.28. The van der Waals surface area contributed by atoms with E-state index in [1.807, 2.05) is 12.2 Å². The first-order chi connectivity index (χ1) is 43.4. The van der Waals surface area contributed by atoms with Crippen molar-refractivity contribution in [2.45, 2.75) is 424 Å². The summed E-state index contributed by atoms with van der Waals surface area (Å²) in [6, 6.07) is 0. The predicted octanol–water partition coefficient (Wildman–Crippen LogP) is 24.3. The van der Waals surface area contributed by atoms with Crippen LogP contribution in [0.4, 0.5) is 0 Å². The maximum atomic E-state index is 5.52. The number of rotatable bonds is 44. The highest BCUT2D eigenvalue weighted by Crippen LogP contribution is 2.20. The molecule has 0 aliphatic heterocycles. The van der Waals surface area contributed by atoms with Gasteiger partial charge in [0.15, 0.2) is 0 Å². The molecule has 0 bridgehead atoms. The molecule has 0 saturated carbocycles. The molecule has 0 rings (SSSR count). The second-order valence-electron chi connectivity index (χ2n) is 34.7. The molecule has 0 fully saturated rings. The lowest BCUT2D eigenvalue weighted by molar-refractivity contribution is 0.130. The van der Waals surface area contributed by atoms with E-state index in [2.05, 4.69) is 269 Å². The second kappa shape index (κ2) is 66.3. The third-order valence-electron chi connectivity index (χ3n) is 18.7. The molecule has 94 heavy (non-hydrogen) atoms. The Hall–Kier alpha value is -1.28. The van der Waals surface area contributed by atoms with Crippen LogP contribution in [-0.2, 0) is 0 Å². The van der Waals surface area contributed by atoms with Crippen LogP contribution in [0, 0.1) is 12.3 Å². The van der Waals surface area contributed by atoms with Gasteiger partial charge >= 0.3 is 0 Å². The van der Waals surface area contributed by atoms with E-state index in [-0.39, 0.29) is 5.54 Å². The predicted molar refractivity (Wildman–Crippen MR) is 439 cm³/mol. The number of hydrogen-bond acceptors (Lipinski definition) is 8. The number of nitrogens with zero attached hydrogens (tertiary/aromatic N) is 7. The van der Waals surface area contributed by atoms with Crippen molar-refractivity contribution in [2.24, 2.45) is 5.73 Å². The molecule has 0 aromatic rings. The summed E-state index contributed by atoms with van der Waals surface area (Å²) >= 11 is 0. The summed E-state index contributed by atoms with van der Waals surface area (Å²) in [5.41, 5.74) is 7.73. The molecule has 570 valence electrons. The van der Waals surface area contributed by atoms with Crippen LogP contribution >= 0.6 is 0 Å². The lowest BCUT2D eigenvalue weighted by Crippen LogP contribution is -2.43. The van der Waals surface area contributed by atoms with Gasteiger partial charge < -0.3 is 30.2 Å². The molecule has 0 amide bonds. The Morgan fingerprint density at radius 2 is 0.500 bits per heavy atom. The summed E-state index contributed by atoms with van der Waals surface area (Å²) in [5, 5.41) is 0. The minimum Gasteiger partial charge on any atom is -0.330 e. The summed E-state index contributed by atoms with van der Waals surface area (Å²) in [6.07, 6.45) is 51.6. The molecule has 0 aromatic heterocycles. The van der Waals surface area contributed by atoms with Gasteiger partial charge in [-0.1, -0.05) is 169 Å². The van der Waals surface area contributed by atoms with Crippen LogP contribution in [0.5, 0.6) is 0 Å². The van der Waals surface area contributed by atoms with Crippen molar-refractivity contribution in [3.63, 3.8) is 0 Å². The quantitative estimate of drug-likeness (QED) is 0.0368. The summed E-state index contributed by atoms with van der Waals surface area (Å²) in [5.74, 6) is 2.66. The van der Waals surface area contributed by atoms with Crippen molar-refractivity contribution < 1.29 is 0 Å². The van der Waals surface area contributed by atoms with Gasteiger partial charge in [-0.25, -0.2) is 0 Å². The minimum absolute atomic E-state index is 0.288. The molecule has 2 N–H and O–H groups in total. The fourth-order valence-corrected chi connectivity index (χ4v) is 9.44. The first-order valence-corrected chi connectivity index (χ1v) is 39.9. The van der Waals surface area contributed by atoms with Gasteiger partial charge in [-0.05, 0) is 317 Å². The van der Waals surface area contributed by atoms with E-state index in [9.17, 15) is 0 Å². The smallest absolute Gasteiger partial charge is 0.0125 e. The Kier molecular flexibility index (Phi) is 74.8. The number of nitrogens with two attached hydrogens (primary N) is 1. The van der Waals surface area contributed by atoms with Crippen LogP contribution in [0.25, 0.3) is 0 Å². The molecular weight excluding hydrogens is 1150 g/mol. The maximum Gasteiger partial charge on any atom is 0.0125 e. The molecule has 8 nitrogen and oxygen atoms in total. The monoisotopic (exact) mass is 1330 g/mol. The Labute approximate surface area is 599 Å². The highest BCUT2D eigenvalue weighted by Gasteiger charge is 2.22. The van der Waals surface area contributed by atoms with Gasteiger partial charge in [0.2, 0.25) is 0 Å². The summed E-state index contributed by atoms with van der Waals surface area (Å²) in [7, 11) is 11.0. The SMILES string of the molecule is C#CCCCCN(C)C(C)(C)C.C=CCCCCN(C)C(C)(C)C.C=CCCN(C)C(C)(C)C.CCCCCCCCCCCCN(C)C(C)(C)C.CCCCCCN(C)C(C)(C)C.CCCCCCN(CCCCCC)C(C)(C)C.CCCCN(CCCN)C(C)(C)C. The zero-order valence-electron chi connectivity index (χ0n) is 71.6. The second-order valence-corrected chi connectivity index (χ2v) is 34.7. The third kappa shape index (κ3) is 81.4. The number of allylic oxidation sites excluding steroid dienone is 1. The van der Waals surface area contributed by atoms with Gasteiger partial charge in [-0.3, -0.25) is 9.80 Å². The first-order valence-electron chi connectivity index (χ1n) is 39.9. The highest BCUT2D eigenvalue weighted by molar-refractivity contribution is 4.84. The maximum absolute atomic E-state index is 5.52. The van der Waals surface area contributed by atoms with Gasteiger partial charge in [-0.2, -0.15) is 0 Å². The van der Waals surface area contributed by atoms with E-state index in [0.717, 1.165) is 58.3 Å². The molecule has 0 heterocycles. The van der Waals surface area contributed by atoms with Crippen molar-refractivity contribution in [2.75, 3.05) is 101 Å². The van der Waals surface area contributed by atoms with E-state index in [1.54, 1.807) is 0 Å². The van der Waals surface area contributed by atoms with E-state index >= 15 is 0 Å². The fourth-order valence-electron chi connectivity index (χ4n) is 9.44. The zero-order chi connectivity index (χ0) is 74.4. The number of hydrogen-bond donors (Lipinski definition) is 1. The minimum atomic E-state index is 0.288. The Bertz CT molecular complexity index is 1550. The fraction of sp³-hybridized carbons (Fsp3) is 0.930. The molecule has 0 aliphatic carbocycles. The van der Waals surface area contributed by atoms with Crippen LogP contribution in [0.3, 0.4) is 0 Å². The van der Waals surface area contributed by atoms with Crippen LogP contribution in [0.1, 0.15) is 385 Å². The highest BCUT2D eigenvalue weighted by atomic mass is 15.2. The largest absolute Gasteiger partial charge is 0.330 e. The van der Waals surface area contributed by atoms with E-state index in [4.69, 9.17) is 12.2 Å². The van der Waals surface area contributed by atoms with E-state index in [1.165, 1.54) is 213 Å². The Morgan fingerprint density at radius 3 is 0.755 bits per heavy atom. The zero-order valence-corrected chi connectivity index (χ0v) is 71.6. The molecule has 0 radical (unpaired) electrons. The molecular formula is C86H186N8. The average molecular weight is 1330 g/mol. The van der Waals surface area contributed by atoms with E-state index < -0.39 is 0 Å². The lowest BCUT2D eigenvalue weighted by Gasteiger charge is -2.36. The molecule has 0 aliphatic rings. The third-order valence-corrected chi connectivity index (χ3v) is 18.7. The standard InChI is InChI=1S/C17H37N.C16H35N.C11H26N2.C11H25N.C11H23N.C11H21N.C9H19N/c1-6-7-8-9-10-11-12-13-14-15-16-18(5)17(2,3)4;1-6-8-10-12-14-17(16(3,4)5)15-13-11-9-7-2;1-5-6-9-13(10-7-8-12)11(2,3)4;3*1-6-7-8-9-10-12(5)11(2,3)4;1-6-7-8-10(5)9(2,3)4/h6-16H2,1-5H3;6-15H2,1-5H3;5-10,12H2,1-4H3;6-10H2,1-5H3;6H,1,7-10H2,2-5H3;1H,7-10H2,2-5H3;6H,1,7-8H2,2-5H3. The molecule has 0 aromatic carbocycles. The molecule has 0 unspecified atom stereocenters. The van der Waals surface area contributed by atoms with Gasteiger partial charge in [0.1, 0.15) is 0 Å². The van der Waals surface area contributed by atoms with Crippen molar-refractivity contribution in [3.8, 4) is 12.3 Å². The Morgan fingerprint density at radius 1 is 0.277 bits per heavy atom. The topological polar surface area (TPSA) is 48.7 Å². The molecule has 0 atom stereocenters. The Balaban J connectivity index is -0.000000190. The number of unbranched alkanes of at least 4 members (excludes halogenated alkanes) is 23. The summed E-state index contributed by atoms with van der Waals surface area (Å²) < 4.78 is 0. The van der Waals surface area contributed by atoms with Crippen molar-refractivity contribution in [3.05, 3.63) is 25.3 Å². The van der Waals surface area contributed by atoms with E-state index in [0.29, 0.717) is 33.2 Å². The van der Waals surface area contributed by atoms with Gasteiger partial charge in [-0.15, -0.1) is 25.5 Å². The van der Waals surface area contributed by atoms with Crippen LogP contribution in [-0.4, -0.2) is 174 Å².